The first-order chi connectivity index (χ1) is 7.00. The highest BCUT2D eigenvalue weighted by molar-refractivity contribution is 6.98. The SMILES string of the molecule is CC[SiH](OC(C)C)N([Si](C)(C)C)[Si](C)(C)C. The zero-order valence-corrected chi connectivity index (χ0v) is 15.9. The minimum Gasteiger partial charge on any atom is -0.404 e. The van der Waals surface area contributed by atoms with Gasteiger partial charge in [-0.3, -0.25) is 0 Å². The molecule has 1 atom stereocenters. The fourth-order valence-electron chi connectivity index (χ4n) is 2.52. The minimum absolute atomic E-state index is 0.381. The monoisotopic (exact) mass is 277 g/mol. The van der Waals surface area contributed by atoms with Gasteiger partial charge < -0.3 is 8.32 Å². The summed E-state index contributed by atoms with van der Waals surface area (Å²) in [7, 11) is -3.66. The molecule has 2 nitrogen and oxygen atoms in total. The lowest BCUT2D eigenvalue weighted by Gasteiger charge is -2.48. The normalized spacial score (nSPS) is 15.9. The first-order valence-corrected chi connectivity index (χ1v) is 15.1. The molecular weight excluding hydrogens is 246 g/mol. The first kappa shape index (κ1) is 16.6. The fraction of sp³-hybridized carbons (Fsp3) is 1.00. The summed E-state index contributed by atoms with van der Waals surface area (Å²) in [5.74, 6) is 0. The molecule has 0 spiro atoms. The molecule has 98 valence electrons. The van der Waals surface area contributed by atoms with Crippen LogP contribution in [0.1, 0.15) is 20.8 Å². The summed E-state index contributed by atoms with van der Waals surface area (Å²) in [4.78, 5) is 0. The van der Waals surface area contributed by atoms with Crippen molar-refractivity contribution in [2.24, 2.45) is 0 Å². The lowest BCUT2D eigenvalue weighted by molar-refractivity contribution is 0.230. The zero-order valence-electron chi connectivity index (χ0n) is 12.7. The summed E-state index contributed by atoms with van der Waals surface area (Å²) >= 11 is 0. The molecule has 0 rings (SSSR count). The second-order valence-corrected chi connectivity index (χ2v) is 20.4. The van der Waals surface area contributed by atoms with Gasteiger partial charge in [0.25, 0.3) is 0 Å². The molecule has 0 aromatic heterocycles. The number of hydrogen-bond donors (Lipinski definition) is 0. The summed E-state index contributed by atoms with van der Waals surface area (Å²) in [6.07, 6.45) is 0.381. The Kier molecular flexibility index (Phi) is 6.16. The maximum atomic E-state index is 6.25. The lowest BCUT2D eigenvalue weighted by Crippen LogP contribution is -2.66. The van der Waals surface area contributed by atoms with E-state index >= 15 is 0 Å². The second kappa shape index (κ2) is 5.95. The van der Waals surface area contributed by atoms with Crippen LogP contribution in [-0.2, 0) is 4.43 Å². The van der Waals surface area contributed by atoms with E-state index in [9.17, 15) is 0 Å². The van der Waals surface area contributed by atoms with Crippen molar-refractivity contribution in [3.05, 3.63) is 0 Å². The summed E-state index contributed by atoms with van der Waals surface area (Å²) < 4.78 is 9.14. The summed E-state index contributed by atoms with van der Waals surface area (Å²) in [5.41, 5.74) is 0. The molecule has 1 unspecified atom stereocenters. The third-order valence-electron chi connectivity index (χ3n) is 2.51. The highest BCUT2D eigenvalue weighted by Crippen LogP contribution is 2.24. The number of rotatable bonds is 6. The lowest BCUT2D eigenvalue weighted by atomic mass is 10.5. The van der Waals surface area contributed by atoms with Gasteiger partial charge in [-0.05, 0) is 19.9 Å². The van der Waals surface area contributed by atoms with Gasteiger partial charge in [0.1, 0.15) is 16.5 Å². The fourth-order valence-corrected chi connectivity index (χ4v) is 20.3. The van der Waals surface area contributed by atoms with Crippen molar-refractivity contribution in [1.29, 1.82) is 0 Å². The molecule has 0 aromatic rings. The molecule has 0 amide bonds. The highest BCUT2D eigenvalue weighted by Gasteiger charge is 2.40. The van der Waals surface area contributed by atoms with Crippen molar-refractivity contribution >= 4 is 25.7 Å². The van der Waals surface area contributed by atoms with Crippen molar-refractivity contribution in [2.75, 3.05) is 0 Å². The molecule has 0 aliphatic rings. The minimum atomic E-state index is -1.24. The van der Waals surface area contributed by atoms with Crippen LogP contribution >= 0.6 is 0 Å². The Morgan fingerprint density at radius 3 is 1.56 bits per heavy atom. The third kappa shape index (κ3) is 5.27. The van der Waals surface area contributed by atoms with Crippen LogP contribution in [0.4, 0.5) is 0 Å². The molecule has 0 N–H and O–H groups in total. The van der Waals surface area contributed by atoms with E-state index in [1.807, 2.05) is 0 Å². The average Bonchev–Trinajstić information content (AvgIpc) is 1.96. The van der Waals surface area contributed by atoms with E-state index in [1.54, 1.807) is 0 Å². The van der Waals surface area contributed by atoms with E-state index in [0.29, 0.717) is 6.10 Å². The van der Waals surface area contributed by atoms with Crippen molar-refractivity contribution in [3.8, 4) is 0 Å². The molecule has 0 saturated heterocycles. The summed E-state index contributed by atoms with van der Waals surface area (Å²) in [5, 5.41) is 0. The van der Waals surface area contributed by atoms with Gasteiger partial charge in [-0.15, -0.1) is 0 Å². The number of hydrogen-bond acceptors (Lipinski definition) is 2. The van der Waals surface area contributed by atoms with E-state index in [0.717, 1.165) is 0 Å². The second-order valence-electron chi connectivity index (χ2n) is 6.76. The molecule has 0 heterocycles. The Bertz CT molecular complexity index is 194. The quantitative estimate of drug-likeness (QED) is 0.688. The molecule has 0 aliphatic carbocycles. The van der Waals surface area contributed by atoms with Crippen LogP contribution in [0, 0.1) is 0 Å². The van der Waals surface area contributed by atoms with E-state index in [2.05, 4.69) is 63.9 Å². The standard InChI is InChI=1S/C11H31NOSi3/c1-10-14(13-11(2)3)12(15(4,5)6)16(7,8)9/h11,14H,10H2,1-9H3. The Morgan fingerprint density at radius 1 is 1.00 bits per heavy atom. The van der Waals surface area contributed by atoms with Gasteiger partial charge in [-0.1, -0.05) is 46.2 Å². The molecule has 0 radical (unpaired) electrons. The highest BCUT2D eigenvalue weighted by atomic mass is 28.5. The number of nitrogens with zero attached hydrogens (tertiary/aromatic N) is 1. The average molecular weight is 278 g/mol. The van der Waals surface area contributed by atoms with Gasteiger partial charge in [-0.25, -0.2) is 0 Å². The van der Waals surface area contributed by atoms with E-state index < -0.39 is 25.7 Å². The van der Waals surface area contributed by atoms with E-state index in [-0.39, 0.29) is 0 Å². The zero-order chi connectivity index (χ0) is 13.1. The molecule has 0 fully saturated rings. The van der Waals surface area contributed by atoms with Gasteiger partial charge >= 0.3 is 0 Å². The van der Waals surface area contributed by atoms with Gasteiger partial charge in [-0.2, -0.15) is 0 Å². The Hall–Kier alpha value is 0.571. The molecule has 0 aliphatic heterocycles. The van der Waals surface area contributed by atoms with E-state index in [4.69, 9.17) is 4.43 Å². The first-order valence-electron chi connectivity index (χ1n) is 6.45. The molecule has 16 heavy (non-hydrogen) atoms. The molecule has 0 bridgehead atoms. The molecular formula is C11H31NOSi3. The predicted octanol–water partition coefficient (Wildman–Crippen LogP) is 3.62. The van der Waals surface area contributed by atoms with Crippen LogP contribution in [0.5, 0.6) is 0 Å². The molecule has 5 heteroatoms. The van der Waals surface area contributed by atoms with Gasteiger partial charge in [0.2, 0.25) is 9.20 Å². The molecule has 0 saturated carbocycles. The Morgan fingerprint density at radius 2 is 1.38 bits per heavy atom. The van der Waals surface area contributed by atoms with Crippen LogP contribution in [0.3, 0.4) is 0 Å². The van der Waals surface area contributed by atoms with Crippen molar-refractivity contribution in [3.63, 3.8) is 0 Å². The Balaban J connectivity index is 5.01. The van der Waals surface area contributed by atoms with Crippen LogP contribution in [-0.4, -0.2) is 35.7 Å². The van der Waals surface area contributed by atoms with Crippen molar-refractivity contribution in [2.45, 2.75) is 72.2 Å². The topological polar surface area (TPSA) is 12.5 Å². The predicted molar refractivity (Wildman–Crippen MR) is 82.4 cm³/mol. The van der Waals surface area contributed by atoms with Gasteiger partial charge in [0.15, 0.2) is 0 Å². The van der Waals surface area contributed by atoms with Crippen molar-refractivity contribution < 1.29 is 4.43 Å². The Labute approximate surface area is 106 Å². The van der Waals surface area contributed by atoms with Crippen LogP contribution < -0.4 is 0 Å². The van der Waals surface area contributed by atoms with Gasteiger partial charge in [0, 0.05) is 6.10 Å². The maximum absolute atomic E-state index is 6.25. The van der Waals surface area contributed by atoms with Crippen molar-refractivity contribution in [1.82, 2.24) is 3.90 Å². The maximum Gasteiger partial charge on any atom is 0.242 e. The summed E-state index contributed by atoms with van der Waals surface area (Å²) in [6.45, 7) is 21.4. The van der Waals surface area contributed by atoms with Gasteiger partial charge in [0.05, 0.1) is 0 Å². The molecule has 0 aromatic carbocycles. The van der Waals surface area contributed by atoms with Crippen LogP contribution in [0.15, 0.2) is 0 Å². The van der Waals surface area contributed by atoms with Crippen LogP contribution in [0.2, 0.25) is 45.3 Å². The third-order valence-corrected chi connectivity index (χ3v) is 17.9. The summed E-state index contributed by atoms with van der Waals surface area (Å²) in [6, 6.07) is 1.23. The smallest absolute Gasteiger partial charge is 0.242 e. The van der Waals surface area contributed by atoms with Crippen LogP contribution in [0.25, 0.3) is 0 Å². The van der Waals surface area contributed by atoms with E-state index in [1.165, 1.54) is 6.04 Å². The largest absolute Gasteiger partial charge is 0.404 e.